The van der Waals surface area contributed by atoms with Gasteiger partial charge in [0, 0.05) is 18.2 Å². The van der Waals surface area contributed by atoms with Crippen molar-refractivity contribution in [1.82, 2.24) is 0 Å². The minimum absolute atomic E-state index is 0.0181. The van der Waals surface area contributed by atoms with Gasteiger partial charge in [0.15, 0.2) is 5.78 Å². The van der Waals surface area contributed by atoms with Crippen LogP contribution in [0.4, 0.5) is 0 Å². The number of ketones is 1. The molecular formula is C15H14O4. The number of carbonyl (C=O) groups is 2. The third-order valence-corrected chi connectivity index (χ3v) is 2.69. The van der Waals surface area contributed by atoms with Gasteiger partial charge in [0.2, 0.25) is 0 Å². The van der Waals surface area contributed by atoms with Crippen molar-refractivity contribution in [3.63, 3.8) is 0 Å². The van der Waals surface area contributed by atoms with Gasteiger partial charge in [0.05, 0.1) is 0 Å². The highest BCUT2D eigenvalue weighted by Gasteiger charge is 2.02. The van der Waals surface area contributed by atoms with Crippen LogP contribution in [-0.4, -0.2) is 16.9 Å². The van der Waals surface area contributed by atoms with E-state index in [-0.39, 0.29) is 18.6 Å². The summed E-state index contributed by atoms with van der Waals surface area (Å²) < 4.78 is 5.53. The van der Waals surface area contributed by atoms with Gasteiger partial charge in [-0.3, -0.25) is 9.59 Å². The summed E-state index contributed by atoms with van der Waals surface area (Å²) >= 11 is 0. The average molecular weight is 258 g/mol. The first kappa shape index (κ1) is 13.1. The van der Waals surface area contributed by atoms with Crippen molar-refractivity contribution in [2.75, 3.05) is 0 Å². The Morgan fingerprint density at radius 3 is 2.74 bits per heavy atom. The maximum Gasteiger partial charge on any atom is 0.303 e. The molecule has 0 aliphatic carbocycles. The van der Waals surface area contributed by atoms with Crippen LogP contribution in [0.5, 0.6) is 0 Å². The van der Waals surface area contributed by atoms with Crippen molar-refractivity contribution in [2.45, 2.75) is 19.3 Å². The summed E-state index contributed by atoms with van der Waals surface area (Å²) in [6.07, 6.45) is 3.66. The van der Waals surface area contributed by atoms with Crippen LogP contribution < -0.4 is 0 Å². The number of carboxylic acids is 1. The lowest BCUT2D eigenvalue weighted by molar-refractivity contribution is -0.137. The molecule has 0 aliphatic rings. The average Bonchev–Trinajstić information content (AvgIpc) is 2.78. The fourth-order valence-electron chi connectivity index (χ4n) is 1.76. The predicted octanol–water partition coefficient (Wildman–Crippen LogP) is 3.27. The van der Waals surface area contributed by atoms with E-state index in [1.807, 2.05) is 30.3 Å². The Labute approximate surface area is 110 Å². The van der Waals surface area contributed by atoms with E-state index in [1.54, 1.807) is 6.08 Å². The van der Waals surface area contributed by atoms with Gasteiger partial charge < -0.3 is 9.52 Å². The second kappa shape index (κ2) is 6.00. The van der Waals surface area contributed by atoms with Crippen molar-refractivity contribution in [1.29, 1.82) is 0 Å². The zero-order valence-corrected chi connectivity index (χ0v) is 10.3. The number of para-hydroxylation sites is 1. The fourth-order valence-corrected chi connectivity index (χ4v) is 1.76. The van der Waals surface area contributed by atoms with E-state index in [0.29, 0.717) is 12.2 Å². The Morgan fingerprint density at radius 1 is 1.21 bits per heavy atom. The summed E-state index contributed by atoms with van der Waals surface area (Å²) in [6.45, 7) is 0. The standard InChI is InChI=1S/C15H14O4/c16-12(5-3-7-15(17)18)8-9-13-10-11-4-1-2-6-14(11)19-13/h1-2,4,6,8-10H,3,5,7H2,(H,17,18). The van der Waals surface area contributed by atoms with E-state index in [9.17, 15) is 9.59 Å². The van der Waals surface area contributed by atoms with Crippen molar-refractivity contribution in [3.8, 4) is 0 Å². The molecule has 4 nitrogen and oxygen atoms in total. The smallest absolute Gasteiger partial charge is 0.303 e. The summed E-state index contributed by atoms with van der Waals surface area (Å²) in [6, 6.07) is 9.46. The topological polar surface area (TPSA) is 67.5 Å². The van der Waals surface area contributed by atoms with E-state index in [1.165, 1.54) is 6.08 Å². The largest absolute Gasteiger partial charge is 0.481 e. The third kappa shape index (κ3) is 3.81. The van der Waals surface area contributed by atoms with E-state index in [0.717, 1.165) is 11.0 Å². The van der Waals surface area contributed by atoms with Gasteiger partial charge in [-0.25, -0.2) is 0 Å². The van der Waals surface area contributed by atoms with Crippen LogP contribution in [0.15, 0.2) is 40.8 Å². The van der Waals surface area contributed by atoms with Crippen molar-refractivity contribution in [3.05, 3.63) is 42.2 Å². The molecule has 0 aliphatic heterocycles. The molecule has 0 atom stereocenters. The van der Waals surface area contributed by atoms with Gasteiger partial charge in [-0.1, -0.05) is 18.2 Å². The Morgan fingerprint density at radius 2 is 2.00 bits per heavy atom. The first-order chi connectivity index (χ1) is 9.15. The molecule has 2 rings (SSSR count). The molecule has 1 aromatic carbocycles. The van der Waals surface area contributed by atoms with E-state index >= 15 is 0 Å². The molecule has 4 heteroatoms. The first-order valence-corrected chi connectivity index (χ1v) is 6.06. The number of furan rings is 1. The maximum atomic E-state index is 11.5. The minimum atomic E-state index is -0.880. The lowest BCUT2D eigenvalue weighted by Crippen LogP contribution is -1.98. The predicted molar refractivity (Wildman–Crippen MR) is 71.7 cm³/mol. The summed E-state index contributed by atoms with van der Waals surface area (Å²) in [5.74, 6) is -0.358. The van der Waals surface area contributed by atoms with Gasteiger partial charge >= 0.3 is 5.97 Å². The molecule has 0 spiro atoms. The maximum absolute atomic E-state index is 11.5. The fraction of sp³-hybridized carbons (Fsp3) is 0.200. The number of hydrogen-bond acceptors (Lipinski definition) is 3. The molecule has 0 bridgehead atoms. The number of rotatable bonds is 6. The van der Waals surface area contributed by atoms with Gasteiger partial charge in [-0.2, -0.15) is 0 Å². The third-order valence-electron chi connectivity index (χ3n) is 2.69. The number of hydrogen-bond donors (Lipinski definition) is 1. The van der Waals surface area contributed by atoms with Crippen molar-refractivity contribution in [2.24, 2.45) is 0 Å². The number of fused-ring (bicyclic) bond motifs is 1. The van der Waals surface area contributed by atoms with Crippen LogP contribution in [-0.2, 0) is 9.59 Å². The molecule has 19 heavy (non-hydrogen) atoms. The number of aliphatic carboxylic acids is 1. The lowest BCUT2D eigenvalue weighted by Gasteiger charge is -1.92. The Kier molecular flexibility index (Phi) is 4.13. The van der Waals surface area contributed by atoms with Gasteiger partial charge in [0.1, 0.15) is 11.3 Å². The molecule has 2 aromatic rings. The van der Waals surface area contributed by atoms with Crippen LogP contribution >= 0.6 is 0 Å². The molecule has 1 N–H and O–H groups in total. The second-order valence-electron chi connectivity index (χ2n) is 4.23. The van der Waals surface area contributed by atoms with Crippen LogP contribution in [0.2, 0.25) is 0 Å². The Balaban J connectivity index is 1.94. The summed E-state index contributed by atoms with van der Waals surface area (Å²) in [4.78, 5) is 21.8. The van der Waals surface area contributed by atoms with E-state index < -0.39 is 5.97 Å². The van der Waals surface area contributed by atoms with Gasteiger partial charge in [-0.05, 0) is 30.7 Å². The first-order valence-electron chi connectivity index (χ1n) is 6.06. The number of allylic oxidation sites excluding steroid dienone is 1. The molecular weight excluding hydrogens is 244 g/mol. The van der Waals surface area contributed by atoms with Crippen LogP contribution in [0.25, 0.3) is 17.0 Å². The van der Waals surface area contributed by atoms with E-state index in [2.05, 4.69) is 0 Å². The molecule has 98 valence electrons. The molecule has 0 amide bonds. The van der Waals surface area contributed by atoms with Gasteiger partial charge in [-0.15, -0.1) is 0 Å². The normalized spacial score (nSPS) is 11.2. The SMILES string of the molecule is O=C(O)CCCC(=O)C=Cc1cc2ccccc2o1. The van der Waals surface area contributed by atoms with Crippen LogP contribution in [0, 0.1) is 0 Å². The zero-order valence-electron chi connectivity index (χ0n) is 10.3. The van der Waals surface area contributed by atoms with Crippen molar-refractivity contribution >= 4 is 28.8 Å². The highest BCUT2D eigenvalue weighted by molar-refractivity contribution is 5.94. The number of carboxylic acid groups (broad SMARTS) is 1. The zero-order chi connectivity index (χ0) is 13.7. The highest BCUT2D eigenvalue weighted by atomic mass is 16.4. The molecule has 0 unspecified atom stereocenters. The Hall–Kier alpha value is -2.36. The van der Waals surface area contributed by atoms with Crippen LogP contribution in [0.1, 0.15) is 25.0 Å². The number of benzene rings is 1. The quantitative estimate of drug-likeness (QED) is 0.807. The lowest BCUT2D eigenvalue weighted by atomic mass is 10.1. The summed E-state index contributed by atoms with van der Waals surface area (Å²) in [5.41, 5.74) is 0.778. The number of carbonyl (C=O) groups excluding carboxylic acids is 1. The molecule has 1 aromatic heterocycles. The molecule has 0 fully saturated rings. The molecule has 0 saturated carbocycles. The van der Waals surface area contributed by atoms with Crippen LogP contribution in [0.3, 0.4) is 0 Å². The molecule has 1 heterocycles. The minimum Gasteiger partial charge on any atom is -0.481 e. The highest BCUT2D eigenvalue weighted by Crippen LogP contribution is 2.19. The Bertz CT molecular complexity index is 589. The second-order valence-corrected chi connectivity index (χ2v) is 4.23. The van der Waals surface area contributed by atoms with Gasteiger partial charge in [0.25, 0.3) is 0 Å². The van der Waals surface area contributed by atoms with E-state index in [4.69, 9.17) is 9.52 Å². The molecule has 0 radical (unpaired) electrons. The van der Waals surface area contributed by atoms with Crippen molar-refractivity contribution < 1.29 is 19.1 Å². The summed E-state index contributed by atoms with van der Waals surface area (Å²) in [5, 5.41) is 9.46. The molecule has 0 saturated heterocycles. The monoisotopic (exact) mass is 258 g/mol. The summed E-state index contributed by atoms with van der Waals surface area (Å²) in [7, 11) is 0.